The van der Waals surface area contributed by atoms with Crippen LogP contribution in [0.2, 0.25) is 0 Å². The van der Waals surface area contributed by atoms with Crippen LogP contribution in [-0.2, 0) is 10.0 Å². The monoisotopic (exact) mass is 304 g/mol. The molecular weight excluding hydrogens is 284 g/mol. The second-order valence-corrected chi connectivity index (χ2v) is 7.18. The van der Waals surface area contributed by atoms with Gasteiger partial charge < -0.3 is 4.90 Å². The van der Waals surface area contributed by atoms with Crippen molar-refractivity contribution in [1.82, 2.24) is 4.90 Å². The number of sulfonamides is 1. The molecule has 0 unspecified atom stereocenters. The van der Waals surface area contributed by atoms with E-state index in [1.165, 1.54) is 0 Å². The van der Waals surface area contributed by atoms with E-state index in [2.05, 4.69) is 6.92 Å². The van der Waals surface area contributed by atoms with Crippen molar-refractivity contribution in [3.8, 4) is 0 Å². The number of thiophene rings is 1. The van der Waals surface area contributed by atoms with Gasteiger partial charge in [-0.2, -0.15) is 0 Å². The normalized spacial score (nSPS) is 11.6. The highest BCUT2D eigenvalue weighted by molar-refractivity contribution is 7.91. The van der Waals surface area contributed by atoms with Crippen molar-refractivity contribution < 1.29 is 13.2 Å². The number of rotatable bonds is 6. The first-order chi connectivity index (χ1) is 8.79. The topological polar surface area (TPSA) is 80.5 Å². The molecule has 0 aromatic carbocycles. The van der Waals surface area contributed by atoms with Gasteiger partial charge in [0.15, 0.2) is 0 Å². The van der Waals surface area contributed by atoms with Crippen LogP contribution in [-0.4, -0.2) is 32.8 Å². The molecule has 1 amide bonds. The van der Waals surface area contributed by atoms with Crippen molar-refractivity contribution in [2.75, 3.05) is 13.6 Å². The van der Waals surface area contributed by atoms with Crippen molar-refractivity contribution in [2.24, 2.45) is 5.14 Å². The lowest BCUT2D eigenvalue weighted by atomic mass is 10.2. The molecule has 0 atom stereocenters. The fraction of sp³-hybridized carbons (Fsp3) is 0.583. The molecule has 0 spiro atoms. The molecule has 1 aromatic heterocycles. The van der Waals surface area contributed by atoms with Gasteiger partial charge in [-0.25, -0.2) is 13.6 Å². The molecule has 0 saturated heterocycles. The number of nitrogens with two attached hydrogens (primary N) is 1. The molecule has 0 radical (unpaired) electrons. The predicted octanol–water partition coefficient (Wildman–Crippen LogP) is 1.97. The van der Waals surface area contributed by atoms with Crippen LogP contribution >= 0.6 is 11.3 Å². The molecule has 7 heteroatoms. The number of hydrogen-bond donors (Lipinski definition) is 1. The summed E-state index contributed by atoms with van der Waals surface area (Å²) in [7, 11) is -2.02. The first-order valence-corrected chi connectivity index (χ1v) is 8.58. The molecule has 1 heterocycles. The van der Waals surface area contributed by atoms with Gasteiger partial charge in [0.05, 0.1) is 5.56 Å². The van der Waals surface area contributed by atoms with Gasteiger partial charge in [-0.05, 0) is 18.9 Å². The van der Waals surface area contributed by atoms with Gasteiger partial charge in [0, 0.05) is 19.0 Å². The Morgan fingerprint density at radius 1 is 1.42 bits per heavy atom. The van der Waals surface area contributed by atoms with Crippen LogP contribution in [0.3, 0.4) is 0 Å². The summed E-state index contributed by atoms with van der Waals surface area (Å²) >= 11 is 0.997. The van der Waals surface area contributed by atoms with Gasteiger partial charge in [-0.3, -0.25) is 4.79 Å². The number of hydrogen-bond acceptors (Lipinski definition) is 4. The second-order valence-electron chi connectivity index (χ2n) is 4.54. The van der Waals surface area contributed by atoms with Crippen molar-refractivity contribution in [3.63, 3.8) is 0 Å². The van der Waals surface area contributed by atoms with E-state index in [1.807, 2.05) is 0 Å². The molecule has 0 bridgehead atoms. The largest absolute Gasteiger partial charge is 0.342 e. The molecule has 5 nitrogen and oxygen atoms in total. The Hall–Kier alpha value is -0.920. The zero-order valence-electron chi connectivity index (χ0n) is 11.5. The van der Waals surface area contributed by atoms with E-state index in [-0.39, 0.29) is 10.1 Å². The standard InChI is InChI=1S/C12H20N2O3S2/c1-4-5-6-7-14(3)11(15)10-8-18-12(9(10)2)19(13,16)17/h8H,4-7H2,1-3H3,(H2,13,16,17). The molecule has 19 heavy (non-hydrogen) atoms. The average Bonchev–Trinajstić information content (AvgIpc) is 2.70. The van der Waals surface area contributed by atoms with Crippen LogP contribution < -0.4 is 5.14 Å². The molecule has 0 fully saturated rings. The Labute approximate surface area is 118 Å². The van der Waals surface area contributed by atoms with E-state index >= 15 is 0 Å². The summed E-state index contributed by atoms with van der Waals surface area (Å²) in [5.74, 6) is -0.153. The highest BCUT2D eigenvalue weighted by Gasteiger charge is 2.22. The number of primary sulfonamides is 1. The number of carbonyl (C=O) groups is 1. The first kappa shape index (κ1) is 16.1. The van der Waals surface area contributed by atoms with Crippen molar-refractivity contribution in [2.45, 2.75) is 37.3 Å². The number of nitrogens with zero attached hydrogens (tertiary/aromatic N) is 1. The molecule has 108 valence electrons. The number of amides is 1. The minimum Gasteiger partial charge on any atom is -0.342 e. The Morgan fingerprint density at radius 3 is 2.53 bits per heavy atom. The summed E-state index contributed by atoms with van der Waals surface area (Å²) in [6, 6.07) is 0. The predicted molar refractivity (Wildman–Crippen MR) is 76.9 cm³/mol. The smallest absolute Gasteiger partial charge is 0.254 e. The van der Waals surface area contributed by atoms with Crippen molar-refractivity contribution in [1.29, 1.82) is 0 Å². The van der Waals surface area contributed by atoms with Gasteiger partial charge in [0.1, 0.15) is 4.21 Å². The average molecular weight is 304 g/mol. The molecule has 0 aliphatic carbocycles. The van der Waals surface area contributed by atoms with Crippen LogP contribution in [0.15, 0.2) is 9.59 Å². The van der Waals surface area contributed by atoms with Crippen molar-refractivity contribution in [3.05, 3.63) is 16.5 Å². The van der Waals surface area contributed by atoms with E-state index in [1.54, 1.807) is 24.3 Å². The van der Waals surface area contributed by atoms with E-state index in [0.29, 0.717) is 17.7 Å². The maximum atomic E-state index is 12.2. The first-order valence-electron chi connectivity index (χ1n) is 6.15. The van der Waals surface area contributed by atoms with E-state index in [9.17, 15) is 13.2 Å². The van der Waals surface area contributed by atoms with E-state index < -0.39 is 10.0 Å². The molecule has 0 aliphatic rings. The molecule has 2 N–H and O–H groups in total. The summed E-state index contributed by atoms with van der Waals surface area (Å²) in [4.78, 5) is 13.8. The third-order valence-corrected chi connectivity index (χ3v) is 5.61. The van der Waals surface area contributed by atoms with Crippen LogP contribution in [0, 0.1) is 6.92 Å². The number of carbonyl (C=O) groups excluding carboxylic acids is 1. The number of unbranched alkanes of at least 4 members (excludes halogenated alkanes) is 2. The zero-order valence-corrected chi connectivity index (χ0v) is 13.1. The summed E-state index contributed by atoms with van der Waals surface area (Å²) in [6.45, 7) is 4.39. The Morgan fingerprint density at radius 2 is 2.05 bits per heavy atom. The summed E-state index contributed by atoms with van der Waals surface area (Å²) in [5, 5.41) is 6.67. The summed E-state index contributed by atoms with van der Waals surface area (Å²) in [5.41, 5.74) is 0.868. The SMILES string of the molecule is CCCCCN(C)C(=O)c1csc(S(N)(=O)=O)c1C. The molecule has 1 aromatic rings. The second kappa shape index (κ2) is 6.49. The van der Waals surface area contributed by atoms with E-state index in [4.69, 9.17) is 5.14 Å². The van der Waals surface area contributed by atoms with Crippen LogP contribution in [0.4, 0.5) is 0 Å². The van der Waals surface area contributed by atoms with Crippen LogP contribution in [0.5, 0.6) is 0 Å². The lowest BCUT2D eigenvalue weighted by Crippen LogP contribution is -2.28. The van der Waals surface area contributed by atoms with Crippen molar-refractivity contribution >= 4 is 27.3 Å². The molecular formula is C12H20N2O3S2. The Balaban J connectivity index is 2.87. The fourth-order valence-electron chi connectivity index (χ4n) is 1.80. The highest BCUT2D eigenvalue weighted by atomic mass is 32.2. The van der Waals surface area contributed by atoms with Crippen LogP contribution in [0.1, 0.15) is 42.1 Å². The summed E-state index contributed by atoms with van der Waals surface area (Å²) in [6.07, 6.45) is 3.11. The fourth-order valence-corrected chi connectivity index (χ4v) is 3.80. The van der Waals surface area contributed by atoms with Gasteiger partial charge in [0.25, 0.3) is 5.91 Å². The minimum atomic E-state index is -3.75. The molecule has 1 rings (SSSR count). The van der Waals surface area contributed by atoms with E-state index in [0.717, 1.165) is 30.6 Å². The zero-order chi connectivity index (χ0) is 14.6. The lowest BCUT2D eigenvalue weighted by Gasteiger charge is -2.16. The maximum Gasteiger partial charge on any atom is 0.254 e. The Kier molecular flexibility index (Phi) is 5.51. The Bertz CT molecular complexity index is 549. The van der Waals surface area contributed by atoms with Gasteiger partial charge in [-0.15, -0.1) is 11.3 Å². The molecule has 0 aliphatic heterocycles. The maximum absolute atomic E-state index is 12.2. The van der Waals surface area contributed by atoms with Gasteiger partial charge >= 0.3 is 0 Å². The minimum absolute atomic E-state index is 0.0674. The molecule has 0 saturated carbocycles. The van der Waals surface area contributed by atoms with Crippen LogP contribution in [0.25, 0.3) is 0 Å². The third-order valence-electron chi connectivity index (χ3n) is 2.93. The highest BCUT2D eigenvalue weighted by Crippen LogP contribution is 2.26. The van der Waals surface area contributed by atoms with Gasteiger partial charge in [-0.1, -0.05) is 19.8 Å². The lowest BCUT2D eigenvalue weighted by molar-refractivity contribution is 0.0792. The van der Waals surface area contributed by atoms with Gasteiger partial charge in [0.2, 0.25) is 10.0 Å². The summed E-state index contributed by atoms with van der Waals surface area (Å²) < 4.78 is 22.7. The third kappa shape index (κ3) is 4.02. The quantitative estimate of drug-likeness (QED) is 0.816.